The fourth-order valence-electron chi connectivity index (χ4n) is 2.88. The third-order valence-corrected chi connectivity index (χ3v) is 5.29. The normalized spacial score (nSPS) is 16.6. The lowest BCUT2D eigenvalue weighted by atomic mass is 10.1. The highest BCUT2D eigenvalue weighted by Gasteiger charge is 2.32. The minimum Gasteiger partial charge on any atom is -0.496 e. The Balaban J connectivity index is 1.98. The molecule has 23 heavy (non-hydrogen) atoms. The number of nitrogens with zero attached hydrogens (tertiary/aromatic N) is 4. The Kier molecular flexibility index (Phi) is 4.50. The fraction of sp³-hybridized carbons (Fsp3) is 0.400. The van der Waals surface area contributed by atoms with Crippen LogP contribution in [0.25, 0.3) is 0 Å². The third kappa shape index (κ3) is 2.91. The average Bonchev–Trinajstić information content (AvgIpc) is 2.79. The lowest BCUT2D eigenvalue weighted by Gasteiger charge is -2.20. The van der Waals surface area contributed by atoms with E-state index < -0.39 is 0 Å². The standard InChI is InChI=1S/C15H17ClIN5O/c1-7-4-19-10(8(2)12(7)23-3)6-22-5-9(17)11-13(16)20-15(18)21-14(11)22/h4,9H,5-6H2,1-3H3,(H2,18,20,21). The molecule has 0 aliphatic carbocycles. The molecule has 0 saturated heterocycles. The molecule has 0 radical (unpaired) electrons. The first-order chi connectivity index (χ1) is 10.9. The van der Waals surface area contributed by atoms with Crippen LogP contribution in [0.4, 0.5) is 11.8 Å². The van der Waals surface area contributed by atoms with Crippen LogP contribution < -0.4 is 15.4 Å². The van der Waals surface area contributed by atoms with Gasteiger partial charge in [0, 0.05) is 29.4 Å². The summed E-state index contributed by atoms with van der Waals surface area (Å²) in [5.74, 6) is 1.86. The van der Waals surface area contributed by atoms with Crippen LogP contribution in [0.5, 0.6) is 5.75 Å². The summed E-state index contributed by atoms with van der Waals surface area (Å²) in [6.45, 7) is 5.43. The molecule has 0 aromatic carbocycles. The zero-order valence-corrected chi connectivity index (χ0v) is 16.0. The van der Waals surface area contributed by atoms with Gasteiger partial charge in [0.05, 0.1) is 23.3 Å². The highest BCUT2D eigenvalue weighted by Crippen LogP contribution is 2.43. The minimum atomic E-state index is 0.190. The summed E-state index contributed by atoms with van der Waals surface area (Å²) < 4.78 is 5.71. The van der Waals surface area contributed by atoms with Crippen molar-refractivity contribution in [3.05, 3.63) is 33.7 Å². The molecule has 0 amide bonds. The molecule has 1 unspecified atom stereocenters. The van der Waals surface area contributed by atoms with Crippen molar-refractivity contribution in [2.24, 2.45) is 0 Å². The largest absolute Gasteiger partial charge is 0.496 e. The quantitative estimate of drug-likeness (QED) is 0.444. The maximum Gasteiger partial charge on any atom is 0.223 e. The van der Waals surface area contributed by atoms with Gasteiger partial charge in [-0.25, -0.2) is 4.98 Å². The van der Waals surface area contributed by atoms with Gasteiger partial charge in [-0.05, 0) is 13.8 Å². The summed E-state index contributed by atoms with van der Waals surface area (Å²) in [7, 11) is 1.68. The topological polar surface area (TPSA) is 77.2 Å². The molecule has 2 N–H and O–H groups in total. The molecule has 2 aromatic rings. The number of rotatable bonds is 3. The Bertz CT molecular complexity index is 770. The van der Waals surface area contributed by atoms with Gasteiger partial charge in [-0.15, -0.1) is 0 Å². The zero-order chi connectivity index (χ0) is 16.7. The van der Waals surface area contributed by atoms with Gasteiger partial charge in [0.1, 0.15) is 16.7 Å². The molecule has 0 saturated carbocycles. The number of hydrogen-bond donors (Lipinski definition) is 1. The average molecular weight is 446 g/mol. The van der Waals surface area contributed by atoms with E-state index in [0.717, 1.165) is 40.5 Å². The molecule has 1 aliphatic rings. The number of methoxy groups -OCH3 is 1. The van der Waals surface area contributed by atoms with Gasteiger partial charge in [-0.3, -0.25) is 4.98 Å². The van der Waals surface area contributed by atoms with Crippen LogP contribution in [-0.4, -0.2) is 28.6 Å². The lowest BCUT2D eigenvalue weighted by Crippen LogP contribution is -2.23. The van der Waals surface area contributed by atoms with Crippen LogP contribution in [0.2, 0.25) is 5.15 Å². The predicted molar refractivity (Wildman–Crippen MR) is 99.5 cm³/mol. The van der Waals surface area contributed by atoms with Crippen LogP contribution in [0, 0.1) is 13.8 Å². The van der Waals surface area contributed by atoms with Gasteiger partial charge in [0.25, 0.3) is 0 Å². The van der Waals surface area contributed by atoms with E-state index in [1.54, 1.807) is 7.11 Å². The number of hydrogen-bond acceptors (Lipinski definition) is 6. The van der Waals surface area contributed by atoms with E-state index in [4.69, 9.17) is 22.1 Å². The number of nitrogen functional groups attached to an aromatic ring is 1. The monoisotopic (exact) mass is 445 g/mol. The SMILES string of the molecule is COc1c(C)cnc(CN2CC(I)c3c(Cl)nc(N)nc32)c1C. The van der Waals surface area contributed by atoms with Crippen molar-refractivity contribution in [2.75, 3.05) is 24.3 Å². The summed E-state index contributed by atoms with van der Waals surface area (Å²) in [4.78, 5) is 15.1. The highest BCUT2D eigenvalue weighted by atomic mass is 127. The Morgan fingerprint density at radius 3 is 2.87 bits per heavy atom. The van der Waals surface area contributed by atoms with Crippen LogP contribution >= 0.6 is 34.2 Å². The van der Waals surface area contributed by atoms with Crippen molar-refractivity contribution in [3.8, 4) is 5.75 Å². The second kappa shape index (κ2) is 6.27. The summed E-state index contributed by atoms with van der Waals surface area (Å²) in [5, 5.41) is 0.431. The van der Waals surface area contributed by atoms with Crippen molar-refractivity contribution in [1.29, 1.82) is 0 Å². The van der Waals surface area contributed by atoms with E-state index in [-0.39, 0.29) is 9.87 Å². The molecule has 8 heteroatoms. The first kappa shape index (κ1) is 16.5. The molecular weight excluding hydrogens is 429 g/mol. The van der Waals surface area contributed by atoms with Gasteiger partial charge in [-0.1, -0.05) is 34.2 Å². The molecule has 2 aromatic heterocycles. The number of alkyl halides is 1. The Morgan fingerprint density at radius 2 is 2.17 bits per heavy atom. The maximum atomic E-state index is 6.24. The van der Waals surface area contributed by atoms with Gasteiger partial charge in [-0.2, -0.15) is 4.98 Å². The Morgan fingerprint density at radius 1 is 1.43 bits per heavy atom. The zero-order valence-electron chi connectivity index (χ0n) is 13.1. The van der Waals surface area contributed by atoms with Gasteiger partial charge in [0.15, 0.2) is 0 Å². The van der Waals surface area contributed by atoms with E-state index in [1.165, 1.54) is 0 Å². The van der Waals surface area contributed by atoms with E-state index in [0.29, 0.717) is 11.7 Å². The van der Waals surface area contributed by atoms with Crippen LogP contribution in [0.1, 0.15) is 26.3 Å². The number of aromatic nitrogens is 3. The number of pyridine rings is 1. The number of aryl methyl sites for hydroxylation is 1. The van der Waals surface area contributed by atoms with E-state index >= 15 is 0 Å². The first-order valence-corrected chi connectivity index (χ1v) is 8.75. The van der Waals surface area contributed by atoms with Crippen molar-refractivity contribution in [3.63, 3.8) is 0 Å². The molecule has 3 heterocycles. The summed E-state index contributed by atoms with van der Waals surface area (Å²) in [6, 6.07) is 0. The molecule has 0 bridgehead atoms. The van der Waals surface area contributed by atoms with E-state index in [2.05, 4.69) is 42.4 Å². The second-order valence-electron chi connectivity index (χ2n) is 5.50. The van der Waals surface area contributed by atoms with Crippen molar-refractivity contribution in [2.45, 2.75) is 24.3 Å². The van der Waals surface area contributed by atoms with Crippen LogP contribution in [-0.2, 0) is 6.54 Å². The first-order valence-electron chi connectivity index (χ1n) is 7.13. The van der Waals surface area contributed by atoms with Gasteiger partial charge < -0.3 is 15.4 Å². The lowest BCUT2D eigenvalue weighted by molar-refractivity contribution is 0.407. The number of anilines is 2. The number of fused-ring (bicyclic) bond motifs is 1. The third-order valence-electron chi connectivity index (χ3n) is 3.98. The summed E-state index contributed by atoms with van der Waals surface area (Å²) in [6.07, 6.45) is 1.83. The molecule has 6 nitrogen and oxygen atoms in total. The fourth-order valence-corrected chi connectivity index (χ4v) is 4.41. The maximum absolute atomic E-state index is 6.24. The number of halogens is 2. The van der Waals surface area contributed by atoms with E-state index in [1.807, 2.05) is 20.0 Å². The van der Waals surface area contributed by atoms with Crippen molar-refractivity contribution < 1.29 is 4.74 Å². The molecule has 1 aliphatic heterocycles. The second-order valence-corrected chi connectivity index (χ2v) is 7.37. The predicted octanol–water partition coefficient (Wildman–Crippen LogP) is 3.23. The van der Waals surface area contributed by atoms with Gasteiger partial charge in [0.2, 0.25) is 5.95 Å². The van der Waals surface area contributed by atoms with Crippen molar-refractivity contribution >= 4 is 46.0 Å². The molecule has 1 atom stereocenters. The minimum absolute atomic E-state index is 0.190. The smallest absolute Gasteiger partial charge is 0.223 e. The van der Waals surface area contributed by atoms with Crippen LogP contribution in [0.3, 0.4) is 0 Å². The molecule has 0 fully saturated rings. The number of ether oxygens (including phenoxy) is 1. The van der Waals surface area contributed by atoms with Crippen LogP contribution in [0.15, 0.2) is 6.20 Å². The van der Waals surface area contributed by atoms with Crippen molar-refractivity contribution in [1.82, 2.24) is 15.0 Å². The Hall–Kier alpha value is -1.35. The molecule has 0 spiro atoms. The Labute approximate surface area is 153 Å². The molecular formula is C15H17ClIN5O. The van der Waals surface area contributed by atoms with E-state index in [9.17, 15) is 0 Å². The summed E-state index contributed by atoms with van der Waals surface area (Å²) in [5.41, 5.74) is 9.72. The number of nitrogens with two attached hydrogens (primary N) is 1. The van der Waals surface area contributed by atoms with Gasteiger partial charge >= 0.3 is 0 Å². The molecule has 3 rings (SSSR count). The summed E-state index contributed by atoms with van der Waals surface area (Å²) >= 11 is 8.59. The highest BCUT2D eigenvalue weighted by molar-refractivity contribution is 14.1. The molecule has 122 valence electrons.